The maximum Gasteiger partial charge on any atom is 0.152 e. The van der Waals surface area contributed by atoms with E-state index in [0.29, 0.717) is 5.15 Å². The van der Waals surface area contributed by atoms with Gasteiger partial charge in [-0.15, -0.1) is 0 Å². The lowest BCUT2D eigenvalue weighted by Gasteiger charge is -2.26. The summed E-state index contributed by atoms with van der Waals surface area (Å²) in [5.74, 6) is 1.75. The highest BCUT2D eigenvalue weighted by atomic mass is 35.5. The Morgan fingerprint density at radius 2 is 1.86 bits per heavy atom. The Kier molecular flexibility index (Phi) is 8.18. The monoisotopic (exact) mass is 520 g/mol. The van der Waals surface area contributed by atoms with Crippen molar-refractivity contribution in [1.29, 1.82) is 0 Å². The van der Waals surface area contributed by atoms with Crippen LogP contribution in [0.25, 0.3) is 22.0 Å². The number of rotatable bonds is 9. The van der Waals surface area contributed by atoms with Gasteiger partial charge in [0.25, 0.3) is 0 Å². The van der Waals surface area contributed by atoms with Gasteiger partial charge in [-0.25, -0.2) is 15.0 Å². The van der Waals surface area contributed by atoms with Crippen LogP contribution in [0, 0.1) is 0 Å². The number of morpholine rings is 1. The van der Waals surface area contributed by atoms with Crippen molar-refractivity contribution in [3.63, 3.8) is 0 Å². The van der Waals surface area contributed by atoms with Crippen LogP contribution in [-0.2, 0) is 4.74 Å². The van der Waals surface area contributed by atoms with Crippen LogP contribution < -0.4 is 10.0 Å². The highest BCUT2D eigenvalue weighted by Crippen LogP contribution is 2.32. The van der Waals surface area contributed by atoms with Gasteiger partial charge in [0.05, 0.1) is 24.4 Å². The Morgan fingerprint density at radius 1 is 1.03 bits per heavy atom. The third kappa shape index (κ3) is 6.07. The van der Waals surface area contributed by atoms with Gasteiger partial charge in [-0.1, -0.05) is 59.9 Å². The molecule has 1 aliphatic rings. The molecular formula is C27H29ClN6OS. The lowest BCUT2D eigenvalue weighted by atomic mass is 10.0. The Balaban J connectivity index is 1.32. The third-order valence-electron chi connectivity index (χ3n) is 6.26. The number of nitrogens with zero attached hydrogens (tertiary/aromatic N) is 4. The lowest BCUT2D eigenvalue weighted by molar-refractivity contribution is 0.0410. The molecule has 0 spiro atoms. The summed E-state index contributed by atoms with van der Waals surface area (Å²) >= 11 is 8.04. The molecule has 1 fully saturated rings. The molecule has 1 atom stereocenters. The Hall–Kier alpha value is -2.91. The van der Waals surface area contributed by atoms with Gasteiger partial charge in [0.1, 0.15) is 12.1 Å². The second-order valence-electron chi connectivity index (χ2n) is 8.70. The maximum absolute atomic E-state index is 6.40. The van der Waals surface area contributed by atoms with Gasteiger partial charge in [0.2, 0.25) is 0 Å². The standard InChI is InChI=1S/C27H29ClN6OS/c1-19(20-5-3-2-4-6-20)32-27-23-15-21(7-8-24(23)30-18-31-27)22-16-25(26(28)29-17-22)33-36-14-11-34-9-12-35-13-10-34/h2-8,15-19,33H,9-14H2,1H3,(H,30,31,32). The molecule has 2 N–H and O–H groups in total. The summed E-state index contributed by atoms with van der Waals surface area (Å²) in [6.07, 6.45) is 3.40. The summed E-state index contributed by atoms with van der Waals surface area (Å²) in [6, 6.07) is 18.7. The number of benzene rings is 2. The summed E-state index contributed by atoms with van der Waals surface area (Å²) in [7, 11) is 0. The zero-order valence-corrected chi connectivity index (χ0v) is 21.7. The Morgan fingerprint density at radius 3 is 2.69 bits per heavy atom. The molecule has 1 unspecified atom stereocenters. The summed E-state index contributed by atoms with van der Waals surface area (Å²) in [5, 5.41) is 4.97. The fourth-order valence-electron chi connectivity index (χ4n) is 4.19. The molecule has 36 heavy (non-hydrogen) atoms. The van der Waals surface area contributed by atoms with E-state index in [4.69, 9.17) is 16.3 Å². The molecule has 9 heteroatoms. The number of hydrogen-bond donors (Lipinski definition) is 2. The normalized spacial score (nSPS) is 15.1. The average molecular weight is 521 g/mol. The largest absolute Gasteiger partial charge is 0.379 e. The molecule has 4 aromatic rings. The first-order valence-corrected chi connectivity index (χ1v) is 13.4. The molecular weight excluding hydrogens is 492 g/mol. The molecule has 3 heterocycles. The van der Waals surface area contributed by atoms with E-state index in [2.05, 4.69) is 61.1 Å². The van der Waals surface area contributed by atoms with Gasteiger partial charge in [0.15, 0.2) is 5.15 Å². The molecule has 2 aromatic heterocycles. The topological polar surface area (TPSA) is 75.2 Å². The van der Waals surface area contributed by atoms with E-state index >= 15 is 0 Å². The molecule has 5 rings (SSSR count). The zero-order valence-electron chi connectivity index (χ0n) is 20.2. The zero-order chi connectivity index (χ0) is 24.7. The Labute approximate surface area is 220 Å². The van der Waals surface area contributed by atoms with Gasteiger partial charge < -0.3 is 14.8 Å². The van der Waals surface area contributed by atoms with E-state index in [1.165, 1.54) is 5.56 Å². The molecule has 0 aliphatic carbocycles. The van der Waals surface area contributed by atoms with Gasteiger partial charge in [-0.3, -0.25) is 4.90 Å². The predicted octanol–water partition coefficient (Wildman–Crippen LogP) is 5.91. The van der Waals surface area contributed by atoms with E-state index in [1.54, 1.807) is 24.5 Å². The summed E-state index contributed by atoms with van der Waals surface area (Å²) in [4.78, 5) is 15.8. The van der Waals surface area contributed by atoms with Crippen LogP contribution in [0.15, 0.2) is 67.1 Å². The summed E-state index contributed by atoms with van der Waals surface area (Å²) in [6.45, 7) is 6.75. The number of fused-ring (bicyclic) bond motifs is 1. The van der Waals surface area contributed by atoms with E-state index < -0.39 is 0 Å². The molecule has 186 valence electrons. The van der Waals surface area contributed by atoms with E-state index in [9.17, 15) is 0 Å². The minimum Gasteiger partial charge on any atom is -0.379 e. The van der Waals surface area contributed by atoms with Crippen molar-refractivity contribution in [1.82, 2.24) is 19.9 Å². The van der Waals surface area contributed by atoms with E-state index in [1.807, 2.05) is 30.3 Å². The number of anilines is 2. The van der Waals surface area contributed by atoms with Gasteiger partial charge in [-0.2, -0.15) is 0 Å². The van der Waals surface area contributed by atoms with E-state index in [-0.39, 0.29) is 6.04 Å². The number of ether oxygens (including phenoxy) is 1. The van der Waals surface area contributed by atoms with E-state index in [0.717, 1.165) is 72.1 Å². The van der Waals surface area contributed by atoms with Gasteiger partial charge >= 0.3 is 0 Å². The number of hydrogen-bond acceptors (Lipinski definition) is 8. The van der Waals surface area contributed by atoms with Crippen molar-refractivity contribution < 1.29 is 4.74 Å². The fraction of sp³-hybridized carbons (Fsp3) is 0.296. The fourth-order valence-corrected chi connectivity index (χ4v) is 5.16. The summed E-state index contributed by atoms with van der Waals surface area (Å²) in [5.41, 5.74) is 4.89. The van der Waals surface area contributed by atoms with Crippen molar-refractivity contribution >= 4 is 46.0 Å². The molecule has 7 nitrogen and oxygen atoms in total. The highest BCUT2D eigenvalue weighted by Gasteiger charge is 2.13. The smallest absolute Gasteiger partial charge is 0.152 e. The first-order chi connectivity index (χ1) is 17.7. The molecule has 1 aliphatic heterocycles. The lowest BCUT2D eigenvalue weighted by Crippen LogP contribution is -2.37. The number of aromatic nitrogens is 3. The maximum atomic E-state index is 6.40. The van der Waals surface area contributed by atoms with Crippen LogP contribution in [0.1, 0.15) is 18.5 Å². The quantitative estimate of drug-likeness (QED) is 0.160. The average Bonchev–Trinajstić information content (AvgIpc) is 2.93. The number of halogens is 1. The van der Waals surface area contributed by atoms with Crippen LogP contribution >= 0.6 is 23.5 Å². The molecule has 0 saturated carbocycles. The second kappa shape index (κ2) is 11.9. The van der Waals surface area contributed by atoms with Crippen LogP contribution in [0.5, 0.6) is 0 Å². The van der Waals surface area contributed by atoms with Gasteiger partial charge in [0, 0.05) is 48.6 Å². The van der Waals surface area contributed by atoms with Crippen LogP contribution in [0.3, 0.4) is 0 Å². The Bertz CT molecular complexity index is 1300. The number of pyridine rings is 1. The number of nitrogens with one attached hydrogen (secondary N) is 2. The molecule has 0 amide bonds. The first-order valence-electron chi connectivity index (χ1n) is 12.1. The molecule has 1 saturated heterocycles. The molecule has 0 bridgehead atoms. The molecule has 2 aromatic carbocycles. The van der Waals surface area contributed by atoms with Crippen LogP contribution in [0.2, 0.25) is 5.15 Å². The predicted molar refractivity (Wildman–Crippen MR) is 150 cm³/mol. The third-order valence-corrected chi connectivity index (χ3v) is 7.31. The van der Waals surface area contributed by atoms with Crippen molar-refractivity contribution in [2.24, 2.45) is 0 Å². The first kappa shape index (κ1) is 24.8. The highest BCUT2D eigenvalue weighted by molar-refractivity contribution is 8.00. The van der Waals surface area contributed by atoms with Crippen LogP contribution in [-0.4, -0.2) is 58.5 Å². The SMILES string of the molecule is CC(Nc1ncnc2ccc(-c3cnc(Cl)c(NSCCN4CCOCC4)c3)cc12)c1ccccc1. The minimum absolute atomic E-state index is 0.107. The second-order valence-corrected chi connectivity index (χ2v) is 9.96. The van der Waals surface area contributed by atoms with Crippen molar-refractivity contribution in [3.05, 3.63) is 77.8 Å². The van der Waals surface area contributed by atoms with Crippen molar-refractivity contribution in [2.45, 2.75) is 13.0 Å². The molecule has 0 radical (unpaired) electrons. The van der Waals surface area contributed by atoms with Crippen molar-refractivity contribution in [3.8, 4) is 11.1 Å². The van der Waals surface area contributed by atoms with Gasteiger partial charge in [-0.05, 0) is 36.2 Å². The van der Waals surface area contributed by atoms with Crippen LogP contribution in [0.4, 0.5) is 11.5 Å². The summed E-state index contributed by atoms with van der Waals surface area (Å²) < 4.78 is 8.80. The van der Waals surface area contributed by atoms with Crippen molar-refractivity contribution in [2.75, 3.05) is 48.6 Å². The minimum atomic E-state index is 0.107.